The van der Waals surface area contributed by atoms with Crippen LogP contribution in [0.25, 0.3) is 22.0 Å². The Balaban J connectivity index is 0.000000364. The van der Waals surface area contributed by atoms with Crippen LogP contribution < -0.4 is 21.7 Å². The number of anilines is 2. The van der Waals surface area contributed by atoms with Gasteiger partial charge in [-0.3, -0.25) is 0 Å². The van der Waals surface area contributed by atoms with Gasteiger partial charge >= 0.3 is 0 Å². The fourth-order valence-electron chi connectivity index (χ4n) is 2.71. The normalized spacial score (nSPS) is 13.1. The standard InChI is InChI=1S/C16H17N5O.C3H6O2/c1-2-22-14-6-4-3-5-11(14)10-7-8-13-12(9-10)15(21-18)20-16(17)19-13;1-2-5-3-4-1/h3-9H,2,18H2,1H3,(H3,17,19,20,21);1-3H2. The molecular formula is C19H23N5O3. The van der Waals surface area contributed by atoms with Gasteiger partial charge in [0.1, 0.15) is 12.5 Å². The number of hydrazine groups is 1. The Bertz CT molecular complexity index is 892. The number of benzene rings is 2. The molecule has 0 aliphatic carbocycles. The molecule has 0 spiro atoms. The van der Waals surface area contributed by atoms with Crippen LogP contribution in [0.15, 0.2) is 42.5 Å². The minimum absolute atomic E-state index is 0.183. The second kappa shape index (κ2) is 9.13. The zero-order chi connectivity index (χ0) is 19.1. The minimum Gasteiger partial charge on any atom is -0.493 e. The number of fused-ring (bicyclic) bond motifs is 1. The molecule has 0 bridgehead atoms. The molecule has 0 saturated carbocycles. The Hall–Kier alpha value is -2.94. The highest BCUT2D eigenvalue weighted by atomic mass is 16.7. The number of rotatable bonds is 4. The first-order valence-corrected chi connectivity index (χ1v) is 8.64. The van der Waals surface area contributed by atoms with Crippen LogP contribution >= 0.6 is 0 Å². The van der Waals surface area contributed by atoms with Crippen LogP contribution in [0.5, 0.6) is 5.75 Å². The molecule has 8 heteroatoms. The maximum Gasteiger partial charge on any atom is 0.222 e. The molecule has 1 saturated heterocycles. The summed E-state index contributed by atoms with van der Waals surface area (Å²) >= 11 is 0. The second-order valence-electron chi connectivity index (χ2n) is 5.67. The van der Waals surface area contributed by atoms with Gasteiger partial charge in [0, 0.05) is 10.9 Å². The Morgan fingerprint density at radius 3 is 2.56 bits per heavy atom. The first kappa shape index (κ1) is 18.8. The summed E-state index contributed by atoms with van der Waals surface area (Å²) in [7, 11) is 0. The van der Waals surface area contributed by atoms with Crippen LogP contribution in [0.4, 0.5) is 11.8 Å². The van der Waals surface area contributed by atoms with Crippen molar-refractivity contribution in [2.24, 2.45) is 5.84 Å². The van der Waals surface area contributed by atoms with Gasteiger partial charge in [0.2, 0.25) is 5.95 Å². The van der Waals surface area contributed by atoms with Gasteiger partial charge < -0.3 is 25.4 Å². The summed E-state index contributed by atoms with van der Waals surface area (Å²) in [5.74, 6) is 7.05. The first-order chi connectivity index (χ1) is 13.2. The number of nitrogen functional groups attached to an aromatic ring is 2. The van der Waals surface area contributed by atoms with Crippen molar-refractivity contribution in [3.8, 4) is 16.9 Å². The summed E-state index contributed by atoms with van der Waals surface area (Å²) in [5, 5.41) is 0.806. The Morgan fingerprint density at radius 2 is 1.89 bits per heavy atom. The summed E-state index contributed by atoms with van der Waals surface area (Å²) in [6, 6.07) is 13.7. The van der Waals surface area contributed by atoms with E-state index in [9.17, 15) is 0 Å². The van der Waals surface area contributed by atoms with E-state index in [1.807, 2.05) is 49.4 Å². The third-order valence-corrected chi connectivity index (χ3v) is 3.89. The summed E-state index contributed by atoms with van der Waals surface area (Å²) in [6.07, 6.45) is 0. The molecule has 0 atom stereocenters. The number of nitrogens with two attached hydrogens (primary N) is 2. The molecule has 1 aliphatic heterocycles. The molecule has 2 heterocycles. The molecule has 3 aromatic rings. The minimum atomic E-state index is 0.183. The molecule has 0 amide bonds. The number of ether oxygens (including phenoxy) is 3. The largest absolute Gasteiger partial charge is 0.493 e. The molecule has 27 heavy (non-hydrogen) atoms. The van der Waals surface area contributed by atoms with Gasteiger partial charge in [-0.25, -0.2) is 10.8 Å². The van der Waals surface area contributed by atoms with E-state index in [1.54, 1.807) is 0 Å². The van der Waals surface area contributed by atoms with Crippen molar-refractivity contribution in [1.82, 2.24) is 9.97 Å². The van der Waals surface area contributed by atoms with Gasteiger partial charge in [-0.05, 0) is 30.7 Å². The Kier molecular flexibility index (Phi) is 6.37. The van der Waals surface area contributed by atoms with Crippen LogP contribution in [-0.4, -0.2) is 36.6 Å². The quantitative estimate of drug-likeness (QED) is 0.474. The highest BCUT2D eigenvalue weighted by Crippen LogP contribution is 2.33. The van der Waals surface area contributed by atoms with E-state index in [0.29, 0.717) is 19.2 Å². The van der Waals surface area contributed by atoms with E-state index in [1.165, 1.54) is 0 Å². The summed E-state index contributed by atoms with van der Waals surface area (Å²) in [4.78, 5) is 8.33. The third kappa shape index (κ3) is 4.62. The van der Waals surface area contributed by atoms with Crippen molar-refractivity contribution in [3.05, 3.63) is 42.5 Å². The van der Waals surface area contributed by atoms with E-state index < -0.39 is 0 Å². The molecule has 8 nitrogen and oxygen atoms in total. The third-order valence-electron chi connectivity index (χ3n) is 3.89. The van der Waals surface area contributed by atoms with Crippen LogP contribution in [0.1, 0.15) is 6.92 Å². The highest BCUT2D eigenvalue weighted by Gasteiger charge is 2.10. The average Bonchev–Trinajstić information content (AvgIpc) is 3.28. The lowest BCUT2D eigenvalue weighted by Crippen LogP contribution is -2.11. The van der Waals surface area contributed by atoms with Crippen molar-refractivity contribution in [2.75, 3.05) is 37.8 Å². The van der Waals surface area contributed by atoms with E-state index in [4.69, 9.17) is 25.8 Å². The SMILES string of the molecule is C1COCO1.CCOc1ccccc1-c1ccc2nc(N)nc(NN)c2c1. The zero-order valence-corrected chi connectivity index (χ0v) is 15.1. The lowest BCUT2D eigenvalue weighted by molar-refractivity contribution is 0.0692. The topological polar surface area (TPSA) is 118 Å². The summed E-state index contributed by atoms with van der Waals surface area (Å²) in [5.41, 5.74) is 11.0. The van der Waals surface area contributed by atoms with E-state index in [-0.39, 0.29) is 5.95 Å². The van der Waals surface area contributed by atoms with Gasteiger partial charge in [0.05, 0.1) is 25.3 Å². The van der Waals surface area contributed by atoms with E-state index in [0.717, 1.165) is 41.0 Å². The lowest BCUT2D eigenvalue weighted by Gasteiger charge is -2.12. The number of aromatic nitrogens is 2. The van der Waals surface area contributed by atoms with Gasteiger partial charge in [-0.1, -0.05) is 24.3 Å². The zero-order valence-electron chi connectivity index (χ0n) is 15.1. The molecule has 0 unspecified atom stereocenters. The number of nitrogens with zero attached hydrogens (tertiary/aromatic N) is 2. The Morgan fingerprint density at radius 1 is 1.11 bits per heavy atom. The predicted molar refractivity (Wildman–Crippen MR) is 105 cm³/mol. The van der Waals surface area contributed by atoms with Gasteiger partial charge in [0.25, 0.3) is 0 Å². The predicted octanol–water partition coefficient (Wildman–Crippen LogP) is 2.55. The molecule has 1 aromatic heterocycles. The number of hydrogen-bond donors (Lipinski definition) is 3. The number of nitrogens with one attached hydrogen (secondary N) is 1. The molecule has 142 valence electrons. The summed E-state index contributed by atoms with van der Waals surface area (Å²) in [6.45, 7) is 4.63. The van der Waals surface area contributed by atoms with Crippen molar-refractivity contribution in [1.29, 1.82) is 0 Å². The van der Waals surface area contributed by atoms with Crippen molar-refractivity contribution in [2.45, 2.75) is 6.92 Å². The monoisotopic (exact) mass is 369 g/mol. The average molecular weight is 369 g/mol. The molecule has 5 N–H and O–H groups in total. The van der Waals surface area contributed by atoms with Crippen molar-refractivity contribution >= 4 is 22.7 Å². The lowest BCUT2D eigenvalue weighted by atomic mass is 10.0. The second-order valence-corrected chi connectivity index (χ2v) is 5.67. The van der Waals surface area contributed by atoms with Gasteiger partial charge in [-0.2, -0.15) is 4.98 Å². The molecule has 4 rings (SSSR count). The first-order valence-electron chi connectivity index (χ1n) is 8.64. The van der Waals surface area contributed by atoms with Crippen LogP contribution in [0.2, 0.25) is 0 Å². The highest BCUT2D eigenvalue weighted by molar-refractivity contribution is 5.93. The Labute approximate surface area is 157 Å². The van der Waals surface area contributed by atoms with E-state index >= 15 is 0 Å². The number of hydrogen-bond acceptors (Lipinski definition) is 8. The maximum atomic E-state index is 5.69. The fourth-order valence-corrected chi connectivity index (χ4v) is 2.71. The van der Waals surface area contributed by atoms with Gasteiger partial charge in [-0.15, -0.1) is 0 Å². The van der Waals surface area contributed by atoms with Crippen molar-refractivity contribution < 1.29 is 14.2 Å². The molecule has 1 fully saturated rings. The van der Waals surface area contributed by atoms with Crippen LogP contribution in [0.3, 0.4) is 0 Å². The molecule has 1 aliphatic rings. The smallest absolute Gasteiger partial charge is 0.222 e. The maximum absolute atomic E-state index is 5.69. The van der Waals surface area contributed by atoms with Crippen LogP contribution in [0, 0.1) is 0 Å². The van der Waals surface area contributed by atoms with Crippen LogP contribution in [-0.2, 0) is 9.47 Å². The molecule has 2 aromatic carbocycles. The molecular weight excluding hydrogens is 346 g/mol. The van der Waals surface area contributed by atoms with Crippen molar-refractivity contribution in [3.63, 3.8) is 0 Å². The fraction of sp³-hybridized carbons (Fsp3) is 0.263. The summed E-state index contributed by atoms with van der Waals surface area (Å²) < 4.78 is 15.1. The number of para-hydroxylation sites is 1. The molecule has 0 radical (unpaired) electrons. The van der Waals surface area contributed by atoms with Gasteiger partial charge in [0.15, 0.2) is 5.82 Å². The van der Waals surface area contributed by atoms with E-state index in [2.05, 4.69) is 15.4 Å².